The molecule has 2 nitrogen and oxygen atoms in total. The molecule has 1 fully saturated rings. The highest BCUT2D eigenvalue weighted by Crippen LogP contribution is 2.34. The maximum atomic E-state index is 9.38. The van der Waals surface area contributed by atoms with Crippen molar-refractivity contribution in [2.24, 2.45) is 5.41 Å². The van der Waals surface area contributed by atoms with Gasteiger partial charge in [-0.15, -0.1) is 0 Å². The zero-order valence-corrected chi connectivity index (χ0v) is 10.8. The number of piperidine rings is 1. The molecule has 15 heavy (non-hydrogen) atoms. The Morgan fingerprint density at radius 2 is 1.80 bits per heavy atom. The average molecular weight is 213 g/mol. The monoisotopic (exact) mass is 213 g/mol. The van der Waals surface area contributed by atoms with Crippen LogP contribution in [0.1, 0.15) is 53.4 Å². The third-order valence-corrected chi connectivity index (χ3v) is 4.16. The molecule has 0 aromatic heterocycles. The summed E-state index contributed by atoms with van der Waals surface area (Å²) in [6.07, 6.45) is 4.66. The minimum atomic E-state index is -0.167. The highest BCUT2D eigenvalue weighted by Gasteiger charge is 2.30. The van der Waals surface area contributed by atoms with Crippen molar-refractivity contribution in [1.29, 1.82) is 0 Å². The number of aliphatic hydroxyl groups excluding tert-OH is 1. The van der Waals surface area contributed by atoms with Crippen LogP contribution in [0.15, 0.2) is 0 Å². The predicted octanol–water partition coefficient (Wildman–Crippen LogP) is 2.66. The minimum absolute atomic E-state index is 0.167. The summed E-state index contributed by atoms with van der Waals surface area (Å²) >= 11 is 0. The maximum absolute atomic E-state index is 9.38. The Balaban J connectivity index is 2.36. The van der Waals surface area contributed by atoms with Gasteiger partial charge in [0.2, 0.25) is 0 Å². The van der Waals surface area contributed by atoms with Gasteiger partial charge in [0, 0.05) is 6.04 Å². The molecule has 0 aromatic rings. The van der Waals surface area contributed by atoms with E-state index in [9.17, 15) is 5.11 Å². The van der Waals surface area contributed by atoms with Crippen LogP contribution in [0.3, 0.4) is 0 Å². The summed E-state index contributed by atoms with van der Waals surface area (Å²) in [5, 5.41) is 9.38. The standard InChI is InChI=1S/C13H27NO/c1-5-13(4)6-8-14(9-7-13)11(2)10-12(3)15/h11-12,15H,5-10H2,1-4H3. The second kappa shape index (κ2) is 5.31. The van der Waals surface area contributed by atoms with Gasteiger partial charge in [0.25, 0.3) is 0 Å². The Morgan fingerprint density at radius 1 is 1.27 bits per heavy atom. The summed E-state index contributed by atoms with van der Waals surface area (Å²) in [7, 11) is 0. The first kappa shape index (κ1) is 13.0. The second-order valence-corrected chi connectivity index (χ2v) is 5.63. The number of hydrogen-bond donors (Lipinski definition) is 1. The molecule has 90 valence electrons. The zero-order valence-electron chi connectivity index (χ0n) is 10.8. The normalized spacial score (nSPS) is 26.2. The molecule has 1 aliphatic rings. The second-order valence-electron chi connectivity index (χ2n) is 5.63. The molecule has 1 N–H and O–H groups in total. The number of likely N-dealkylation sites (tertiary alicyclic amines) is 1. The maximum Gasteiger partial charge on any atom is 0.0526 e. The van der Waals surface area contributed by atoms with Gasteiger partial charge in [-0.1, -0.05) is 20.3 Å². The molecule has 0 saturated carbocycles. The van der Waals surface area contributed by atoms with Gasteiger partial charge >= 0.3 is 0 Å². The summed E-state index contributed by atoms with van der Waals surface area (Å²) in [4.78, 5) is 2.53. The Bertz CT molecular complexity index is 183. The lowest BCUT2D eigenvalue weighted by Crippen LogP contribution is -2.44. The number of aliphatic hydroxyl groups is 1. The van der Waals surface area contributed by atoms with Gasteiger partial charge in [-0.3, -0.25) is 0 Å². The van der Waals surface area contributed by atoms with Crippen molar-refractivity contribution in [2.45, 2.75) is 65.5 Å². The molecule has 1 rings (SSSR count). The fraction of sp³-hybridized carbons (Fsp3) is 1.00. The fourth-order valence-corrected chi connectivity index (χ4v) is 2.50. The molecule has 1 saturated heterocycles. The van der Waals surface area contributed by atoms with Gasteiger partial charge in [0.1, 0.15) is 0 Å². The molecule has 0 aliphatic carbocycles. The Kier molecular flexibility index (Phi) is 4.60. The average Bonchev–Trinajstić information content (AvgIpc) is 2.18. The molecule has 0 amide bonds. The topological polar surface area (TPSA) is 23.5 Å². The summed E-state index contributed by atoms with van der Waals surface area (Å²) < 4.78 is 0. The largest absolute Gasteiger partial charge is 0.393 e. The van der Waals surface area contributed by atoms with Crippen LogP contribution in [0.5, 0.6) is 0 Å². The molecule has 2 heteroatoms. The van der Waals surface area contributed by atoms with E-state index < -0.39 is 0 Å². The van der Waals surface area contributed by atoms with Gasteiger partial charge in [0.05, 0.1) is 6.10 Å². The van der Waals surface area contributed by atoms with Crippen LogP contribution in [-0.2, 0) is 0 Å². The first-order chi connectivity index (χ1) is 6.97. The van der Waals surface area contributed by atoms with E-state index in [0.717, 1.165) is 6.42 Å². The Labute approximate surface area is 94.7 Å². The Morgan fingerprint density at radius 3 is 2.20 bits per heavy atom. The quantitative estimate of drug-likeness (QED) is 0.776. The SMILES string of the molecule is CCC1(C)CCN(C(C)CC(C)O)CC1. The van der Waals surface area contributed by atoms with Gasteiger partial charge < -0.3 is 10.0 Å². The van der Waals surface area contributed by atoms with Crippen molar-refractivity contribution >= 4 is 0 Å². The molecular weight excluding hydrogens is 186 g/mol. The molecule has 0 spiro atoms. The smallest absolute Gasteiger partial charge is 0.0526 e. The lowest BCUT2D eigenvalue weighted by Gasteiger charge is -2.41. The molecule has 0 radical (unpaired) electrons. The van der Waals surface area contributed by atoms with Crippen LogP contribution in [-0.4, -0.2) is 35.2 Å². The molecule has 2 unspecified atom stereocenters. The van der Waals surface area contributed by atoms with E-state index >= 15 is 0 Å². The lowest BCUT2D eigenvalue weighted by molar-refractivity contribution is 0.0619. The zero-order chi connectivity index (χ0) is 11.5. The minimum Gasteiger partial charge on any atom is -0.393 e. The first-order valence-electron chi connectivity index (χ1n) is 6.39. The highest BCUT2D eigenvalue weighted by atomic mass is 16.3. The predicted molar refractivity (Wildman–Crippen MR) is 65.0 cm³/mol. The first-order valence-corrected chi connectivity index (χ1v) is 6.39. The lowest BCUT2D eigenvalue weighted by atomic mass is 9.78. The van der Waals surface area contributed by atoms with E-state index in [1.54, 1.807) is 0 Å². The van der Waals surface area contributed by atoms with Crippen molar-refractivity contribution in [3.63, 3.8) is 0 Å². The molecule has 1 aliphatic heterocycles. The van der Waals surface area contributed by atoms with E-state index in [0.29, 0.717) is 11.5 Å². The van der Waals surface area contributed by atoms with Crippen LogP contribution in [0.4, 0.5) is 0 Å². The third-order valence-electron chi connectivity index (χ3n) is 4.16. The number of rotatable bonds is 4. The van der Waals surface area contributed by atoms with E-state index in [2.05, 4.69) is 25.7 Å². The molecule has 0 aromatic carbocycles. The van der Waals surface area contributed by atoms with Gasteiger partial charge in [0.15, 0.2) is 0 Å². The molecule has 1 heterocycles. The van der Waals surface area contributed by atoms with Crippen LogP contribution in [0, 0.1) is 5.41 Å². The van der Waals surface area contributed by atoms with Crippen molar-refractivity contribution in [1.82, 2.24) is 4.90 Å². The Hall–Kier alpha value is -0.0800. The highest BCUT2D eigenvalue weighted by molar-refractivity contribution is 4.83. The van der Waals surface area contributed by atoms with E-state index in [1.807, 2.05) is 6.92 Å². The van der Waals surface area contributed by atoms with Gasteiger partial charge in [-0.25, -0.2) is 0 Å². The van der Waals surface area contributed by atoms with Crippen molar-refractivity contribution in [3.05, 3.63) is 0 Å². The van der Waals surface area contributed by atoms with Crippen molar-refractivity contribution < 1.29 is 5.11 Å². The molecule has 0 bridgehead atoms. The number of nitrogens with zero attached hydrogens (tertiary/aromatic N) is 1. The van der Waals surface area contributed by atoms with Crippen LogP contribution in [0.2, 0.25) is 0 Å². The summed E-state index contributed by atoms with van der Waals surface area (Å²) in [6.45, 7) is 11.2. The van der Waals surface area contributed by atoms with Gasteiger partial charge in [-0.05, 0) is 51.6 Å². The van der Waals surface area contributed by atoms with E-state index in [1.165, 1.54) is 32.4 Å². The van der Waals surface area contributed by atoms with Crippen molar-refractivity contribution in [3.8, 4) is 0 Å². The summed E-state index contributed by atoms with van der Waals surface area (Å²) in [6, 6.07) is 0.534. The van der Waals surface area contributed by atoms with Gasteiger partial charge in [-0.2, -0.15) is 0 Å². The molecular formula is C13H27NO. The summed E-state index contributed by atoms with van der Waals surface area (Å²) in [5.74, 6) is 0. The fourth-order valence-electron chi connectivity index (χ4n) is 2.50. The van der Waals surface area contributed by atoms with E-state index in [4.69, 9.17) is 0 Å². The summed E-state index contributed by atoms with van der Waals surface area (Å²) in [5.41, 5.74) is 0.570. The molecule has 2 atom stereocenters. The third kappa shape index (κ3) is 3.76. The van der Waals surface area contributed by atoms with Crippen LogP contribution >= 0.6 is 0 Å². The van der Waals surface area contributed by atoms with E-state index in [-0.39, 0.29) is 6.10 Å². The van der Waals surface area contributed by atoms with Crippen LogP contribution in [0.25, 0.3) is 0 Å². The van der Waals surface area contributed by atoms with Crippen molar-refractivity contribution in [2.75, 3.05) is 13.1 Å². The number of hydrogen-bond acceptors (Lipinski definition) is 2. The van der Waals surface area contributed by atoms with Crippen LogP contribution < -0.4 is 0 Å².